The number of ether oxygens (including phenoxy) is 1. The Morgan fingerprint density at radius 3 is 2.76 bits per heavy atom. The van der Waals surface area contributed by atoms with E-state index < -0.39 is 0 Å². The van der Waals surface area contributed by atoms with Crippen LogP contribution in [0, 0.1) is 6.92 Å². The minimum Gasteiger partial charge on any atom is -0.493 e. The molecule has 0 spiro atoms. The number of rotatable bonds is 5. The average Bonchev–Trinajstić information content (AvgIpc) is 2.80. The van der Waals surface area contributed by atoms with Crippen LogP contribution in [-0.2, 0) is 7.05 Å². The molecule has 1 unspecified atom stereocenters. The van der Waals surface area contributed by atoms with E-state index >= 15 is 0 Å². The van der Waals surface area contributed by atoms with Gasteiger partial charge in [0.15, 0.2) is 0 Å². The summed E-state index contributed by atoms with van der Waals surface area (Å²) in [6, 6.07) is 7.15. The van der Waals surface area contributed by atoms with E-state index in [4.69, 9.17) is 4.74 Å². The first-order chi connectivity index (χ1) is 10.0. The number of hydrogen-bond donors (Lipinski definition) is 1. The van der Waals surface area contributed by atoms with Crippen LogP contribution in [-0.4, -0.2) is 22.3 Å². The van der Waals surface area contributed by atoms with Crippen LogP contribution in [0.3, 0.4) is 0 Å². The number of aromatic nitrogens is 2. The van der Waals surface area contributed by atoms with Crippen LogP contribution in [0.5, 0.6) is 5.75 Å². The second kappa shape index (κ2) is 6.43. The lowest BCUT2D eigenvalue weighted by Gasteiger charge is -2.15. The van der Waals surface area contributed by atoms with Gasteiger partial charge in [0, 0.05) is 18.3 Å². The Morgan fingerprint density at radius 2 is 2.14 bits per heavy atom. The van der Waals surface area contributed by atoms with E-state index in [0.717, 1.165) is 11.3 Å². The Hall–Kier alpha value is -2.30. The van der Waals surface area contributed by atoms with E-state index in [0.29, 0.717) is 17.9 Å². The van der Waals surface area contributed by atoms with Gasteiger partial charge >= 0.3 is 0 Å². The lowest BCUT2D eigenvalue weighted by atomic mass is 10.1. The van der Waals surface area contributed by atoms with Crippen LogP contribution in [0.1, 0.15) is 41.5 Å². The summed E-state index contributed by atoms with van der Waals surface area (Å²) in [6.45, 7) is 6.36. The van der Waals surface area contributed by atoms with E-state index in [1.807, 2.05) is 40.0 Å². The minimum atomic E-state index is -0.144. The zero-order valence-corrected chi connectivity index (χ0v) is 12.9. The van der Waals surface area contributed by atoms with Crippen molar-refractivity contribution in [2.24, 2.45) is 7.05 Å². The summed E-state index contributed by atoms with van der Waals surface area (Å²) in [4.78, 5) is 12.4. The van der Waals surface area contributed by atoms with Gasteiger partial charge in [0.1, 0.15) is 5.75 Å². The van der Waals surface area contributed by atoms with Crippen molar-refractivity contribution < 1.29 is 9.53 Å². The maximum atomic E-state index is 12.4. The highest BCUT2D eigenvalue weighted by Crippen LogP contribution is 2.21. The van der Waals surface area contributed by atoms with Crippen molar-refractivity contribution in [3.63, 3.8) is 0 Å². The number of aryl methyl sites for hydroxylation is 1. The summed E-state index contributed by atoms with van der Waals surface area (Å²) in [5.74, 6) is 0.461. The first-order valence-electron chi connectivity index (χ1n) is 7.05. The molecule has 0 aliphatic rings. The maximum Gasteiger partial charge on any atom is 0.255 e. The number of hydrogen-bond acceptors (Lipinski definition) is 3. The van der Waals surface area contributed by atoms with Crippen molar-refractivity contribution >= 4 is 5.91 Å². The molecular weight excluding hydrogens is 266 g/mol. The van der Waals surface area contributed by atoms with Crippen LogP contribution >= 0.6 is 0 Å². The number of amides is 1. The number of nitrogens with zero attached hydrogens (tertiary/aromatic N) is 2. The highest BCUT2D eigenvalue weighted by Gasteiger charge is 2.17. The molecule has 0 bridgehead atoms. The van der Waals surface area contributed by atoms with Crippen molar-refractivity contribution in [2.45, 2.75) is 26.8 Å². The fourth-order valence-electron chi connectivity index (χ4n) is 2.23. The van der Waals surface area contributed by atoms with Crippen molar-refractivity contribution in [2.75, 3.05) is 6.61 Å². The van der Waals surface area contributed by atoms with Crippen molar-refractivity contribution in [1.82, 2.24) is 15.1 Å². The Kier molecular flexibility index (Phi) is 4.62. The second-order valence-electron chi connectivity index (χ2n) is 4.93. The third-order valence-corrected chi connectivity index (χ3v) is 3.52. The quantitative estimate of drug-likeness (QED) is 0.919. The van der Waals surface area contributed by atoms with Gasteiger partial charge in [0.2, 0.25) is 0 Å². The molecule has 2 rings (SSSR count). The Morgan fingerprint density at radius 1 is 1.43 bits per heavy atom. The summed E-state index contributed by atoms with van der Waals surface area (Å²) in [5.41, 5.74) is 2.60. The highest BCUT2D eigenvalue weighted by atomic mass is 16.5. The molecule has 0 radical (unpaired) electrons. The largest absolute Gasteiger partial charge is 0.493 e. The summed E-state index contributed by atoms with van der Waals surface area (Å²) in [5, 5.41) is 7.20. The Balaban J connectivity index is 2.16. The van der Waals surface area contributed by atoms with Crippen LogP contribution < -0.4 is 10.1 Å². The summed E-state index contributed by atoms with van der Waals surface area (Å²) < 4.78 is 7.29. The molecule has 112 valence electrons. The van der Waals surface area contributed by atoms with E-state index in [-0.39, 0.29) is 11.9 Å². The Labute approximate surface area is 124 Å². The molecule has 1 aromatic heterocycles. The standard InChI is InChI=1S/C16H21N3O2/c1-5-21-15-9-7-6-8-13(15)16(20)18-11(2)14-10-17-19(4)12(14)3/h6-11H,5H2,1-4H3,(H,18,20). The highest BCUT2D eigenvalue weighted by molar-refractivity contribution is 5.97. The molecule has 0 aliphatic carbocycles. The predicted molar refractivity (Wildman–Crippen MR) is 81.4 cm³/mol. The van der Waals surface area contributed by atoms with Crippen molar-refractivity contribution in [3.05, 3.63) is 47.3 Å². The fourth-order valence-corrected chi connectivity index (χ4v) is 2.23. The van der Waals surface area contributed by atoms with Gasteiger partial charge < -0.3 is 10.1 Å². The lowest BCUT2D eigenvalue weighted by Crippen LogP contribution is -2.27. The fraction of sp³-hybridized carbons (Fsp3) is 0.375. The monoisotopic (exact) mass is 287 g/mol. The molecular formula is C16H21N3O2. The predicted octanol–water partition coefficient (Wildman–Crippen LogP) is 2.62. The second-order valence-corrected chi connectivity index (χ2v) is 4.93. The zero-order valence-electron chi connectivity index (χ0n) is 12.9. The molecule has 1 heterocycles. The van der Waals surface area contributed by atoms with Crippen LogP contribution in [0.2, 0.25) is 0 Å². The molecule has 0 saturated carbocycles. The lowest BCUT2D eigenvalue weighted by molar-refractivity contribution is 0.0936. The maximum absolute atomic E-state index is 12.4. The van der Waals surface area contributed by atoms with Gasteiger partial charge in [-0.25, -0.2) is 0 Å². The molecule has 5 nitrogen and oxygen atoms in total. The van der Waals surface area contributed by atoms with E-state index in [2.05, 4.69) is 10.4 Å². The zero-order chi connectivity index (χ0) is 15.4. The molecule has 21 heavy (non-hydrogen) atoms. The van der Waals surface area contributed by atoms with Gasteiger partial charge in [-0.05, 0) is 32.9 Å². The molecule has 2 aromatic rings. The summed E-state index contributed by atoms with van der Waals surface area (Å²) in [7, 11) is 1.89. The smallest absolute Gasteiger partial charge is 0.255 e. The Bertz CT molecular complexity index is 634. The summed E-state index contributed by atoms with van der Waals surface area (Å²) in [6.07, 6.45) is 1.79. The van der Waals surface area contributed by atoms with Gasteiger partial charge in [-0.3, -0.25) is 9.48 Å². The third kappa shape index (κ3) is 3.24. The number of carbonyl (C=O) groups excluding carboxylic acids is 1. The molecule has 1 N–H and O–H groups in total. The molecule has 1 atom stereocenters. The molecule has 0 aliphatic heterocycles. The summed E-state index contributed by atoms with van der Waals surface area (Å²) >= 11 is 0. The molecule has 5 heteroatoms. The molecule has 1 aromatic carbocycles. The van der Waals surface area contributed by atoms with Gasteiger partial charge in [0.05, 0.1) is 24.4 Å². The first kappa shape index (κ1) is 15.1. The SMILES string of the molecule is CCOc1ccccc1C(=O)NC(C)c1cnn(C)c1C. The van der Waals surface area contributed by atoms with E-state index in [1.165, 1.54) is 0 Å². The molecule has 0 fully saturated rings. The third-order valence-electron chi connectivity index (χ3n) is 3.52. The number of carbonyl (C=O) groups is 1. The molecule has 1 amide bonds. The van der Waals surface area contributed by atoms with Crippen LogP contribution in [0.25, 0.3) is 0 Å². The van der Waals surface area contributed by atoms with Gasteiger partial charge in [-0.1, -0.05) is 12.1 Å². The van der Waals surface area contributed by atoms with Crippen molar-refractivity contribution in [1.29, 1.82) is 0 Å². The number of para-hydroxylation sites is 1. The van der Waals surface area contributed by atoms with E-state index in [9.17, 15) is 4.79 Å². The number of nitrogens with one attached hydrogen (secondary N) is 1. The first-order valence-corrected chi connectivity index (χ1v) is 7.05. The van der Waals surface area contributed by atoms with E-state index in [1.54, 1.807) is 23.0 Å². The van der Waals surface area contributed by atoms with Gasteiger partial charge in [0.25, 0.3) is 5.91 Å². The van der Waals surface area contributed by atoms with Gasteiger partial charge in [-0.15, -0.1) is 0 Å². The molecule has 0 saturated heterocycles. The van der Waals surface area contributed by atoms with Crippen molar-refractivity contribution in [3.8, 4) is 5.75 Å². The number of benzene rings is 1. The van der Waals surface area contributed by atoms with Gasteiger partial charge in [-0.2, -0.15) is 5.10 Å². The van der Waals surface area contributed by atoms with Crippen LogP contribution in [0.4, 0.5) is 0 Å². The normalized spacial score (nSPS) is 12.0. The van der Waals surface area contributed by atoms with Crippen LogP contribution in [0.15, 0.2) is 30.5 Å². The topological polar surface area (TPSA) is 56.1 Å². The minimum absolute atomic E-state index is 0.110. The average molecular weight is 287 g/mol.